The van der Waals surface area contributed by atoms with Crippen LogP contribution in [0.3, 0.4) is 0 Å². The van der Waals surface area contributed by atoms with Crippen molar-refractivity contribution in [2.45, 2.75) is 45.1 Å². The molecule has 2 amide bonds. The second-order valence-electron chi connectivity index (χ2n) is 8.95. The monoisotopic (exact) mass is 441 g/mol. The highest BCUT2D eigenvalue weighted by Gasteiger charge is 2.39. The van der Waals surface area contributed by atoms with E-state index >= 15 is 0 Å². The number of methoxy groups -OCH3 is 1. The maximum Gasteiger partial charge on any atom is 0.345 e. The van der Waals surface area contributed by atoms with Crippen LogP contribution in [0.4, 0.5) is 5.69 Å². The Kier molecular flexibility index (Phi) is 6.08. The molecule has 2 aromatic rings. The predicted octanol–water partition coefficient (Wildman–Crippen LogP) is 1.93. The maximum atomic E-state index is 13.3. The molecule has 0 aliphatic carbocycles. The van der Waals surface area contributed by atoms with E-state index in [-0.39, 0.29) is 41.8 Å². The summed E-state index contributed by atoms with van der Waals surface area (Å²) >= 11 is 0. The lowest BCUT2D eigenvalue weighted by molar-refractivity contribution is -0.137. The third-order valence-corrected chi connectivity index (χ3v) is 6.46. The van der Waals surface area contributed by atoms with Crippen LogP contribution in [0.1, 0.15) is 50.9 Å². The lowest BCUT2D eigenvalue weighted by atomic mass is 9.95. The summed E-state index contributed by atoms with van der Waals surface area (Å²) in [5.74, 6) is 1.08. The van der Waals surface area contributed by atoms with E-state index in [0.717, 1.165) is 30.1 Å². The minimum Gasteiger partial charge on any atom is -0.497 e. The molecule has 2 aliphatic heterocycles. The van der Waals surface area contributed by atoms with Crippen LogP contribution in [0.2, 0.25) is 0 Å². The van der Waals surface area contributed by atoms with Gasteiger partial charge in [0.05, 0.1) is 13.0 Å². The fourth-order valence-electron chi connectivity index (χ4n) is 4.79. The van der Waals surface area contributed by atoms with Crippen molar-refractivity contribution < 1.29 is 14.3 Å². The van der Waals surface area contributed by atoms with Gasteiger partial charge in [-0.05, 0) is 51.0 Å². The number of aromatic nitrogens is 3. The van der Waals surface area contributed by atoms with Crippen molar-refractivity contribution in [1.82, 2.24) is 19.2 Å². The Morgan fingerprint density at radius 1 is 1.16 bits per heavy atom. The summed E-state index contributed by atoms with van der Waals surface area (Å²) in [6.07, 6.45) is 1.95. The van der Waals surface area contributed by atoms with Gasteiger partial charge in [0.1, 0.15) is 11.6 Å². The molecule has 0 radical (unpaired) electrons. The SMILES string of the molecule is COc1ccc(N2CC(C(=O)N3CCCC(c4nn(C)c(=O)n4C(C)C)C3)CC2=O)cc1. The smallest absolute Gasteiger partial charge is 0.345 e. The lowest BCUT2D eigenvalue weighted by Gasteiger charge is -2.34. The summed E-state index contributed by atoms with van der Waals surface area (Å²) < 4.78 is 8.28. The molecule has 0 saturated carbocycles. The molecule has 1 aromatic carbocycles. The Labute approximate surface area is 187 Å². The van der Waals surface area contributed by atoms with Crippen molar-refractivity contribution in [2.24, 2.45) is 13.0 Å². The molecule has 9 nitrogen and oxygen atoms in total. The molecule has 0 N–H and O–H groups in total. The number of anilines is 1. The number of rotatable bonds is 5. The fraction of sp³-hybridized carbons (Fsp3) is 0.565. The molecule has 9 heteroatoms. The van der Waals surface area contributed by atoms with Crippen LogP contribution in [-0.4, -0.2) is 57.8 Å². The first-order chi connectivity index (χ1) is 15.3. The molecule has 0 spiro atoms. The zero-order chi connectivity index (χ0) is 23.0. The van der Waals surface area contributed by atoms with Gasteiger partial charge in [-0.25, -0.2) is 9.48 Å². The van der Waals surface area contributed by atoms with Crippen LogP contribution >= 0.6 is 0 Å². The standard InChI is InChI=1S/C23H31N5O4/c1-15(2)28-21(24-25(3)23(28)31)16-6-5-11-26(13-16)22(30)17-12-20(29)27(14-17)18-7-9-19(32-4)10-8-18/h7-10,15-17H,5-6,11-14H2,1-4H3. The molecule has 3 heterocycles. The number of aryl methyl sites for hydroxylation is 1. The van der Waals surface area contributed by atoms with Crippen LogP contribution in [0.15, 0.2) is 29.1 Å². The number of nitrogens with zero attached hydrogens (tertiary/aromatic N) is 5. The summed E-state index contributed by atoms with van der Waals surface area (Å²) in [5, 5.41) is 4.48. The minimum atomic E-state index is -0.362. The number of benzene rings is 1. The van der Waals surface area contributed by atoms with Gasteiger partial charge in [0.2, 0.25) is 11.8 Å². The number of ether oxygens (including phenoxy) is 1. The van der Waals surface area contributed by atoms with Crippen LogP contribution in [0.25, 0.3) is 0 Å². The van der Waals surface area contributed by atoms with Crippen LogP contribution in [0.5, 0.6) is 5.75 Å². The first-order valence-electron chi connectivity index (χ1n) is 11.2. The third-order valence-electron chi connectivity index (χ3n) is 6.46. The van der Waals surface area contributed by atoms with Crippen molar-refractivity contribution in [3.63, 3.8) is 0 Å². The molecule has 0 bridgehead atoms. The molecule has 32 heavy (non-hydrogen) atoms. The molecule has 2 saturated heterocycles. The van der Waals surface area contributed by atoms with Crippen molar-refractivity contribution in [1.29, 1.82) is 0 Å². The second kappa shape index (κ2) is 8.80. The Hall–Kier alpha value is -3.10. The molecule has 4 rings (SSSR count). The summed E-state index contributed by atoms with van der Waals surface area (Å²) in [4.78, 5) is 42.0. The molecule has 2 atom stereocenters. The van der Waals surface area contributed by atoms with E-state index in [1.165, 1.54) is 4.68 Å². The van der Waals surface area contributed by atoms with Gasteiger partial charge >= 0.3 is 5.69 Å². The summed E-state index contributed by atoms with van der Waals surface area (Å²) in [7, 11) is 3.26. The Bertz CT molecular complexity index is 1060. The van der Waals surface area contributed by atoms with Gasteiger partial charge in [-0.2, -0.15) is 5.10 Å². The van der Waals surface area contributed by atoms with Gasteiger partial charge in [0.15, 0.2) is 0 Å². The number of carbonyl (C=O) groups excluding carboxylic acids is 2. The first kappa shape index (κ1) is 22.1. The highest BCUT2D eigenvalue weighted by molar-refractivity contribution is 6.00. The van der Waals surface area contributed by atoms with Crippen LogP contribution < -0.4 is 15.3 Å². The van der Waals surface area contributed by atoms with E-state index in [9.17, 15) is 14.4 Å². The zero-order valence-electron chi connectivity index (χ0n) is 19.2. The van der Waals surface area contributed by atoms with Crippen molar-refractivity contribution in [3.05, 3.63) is 40.6 Å². The predicted molar refractivity (Wildman–Crippen MR) is 120 cm³/mol. The average molecular weight is 442 g/mol. The number of likely N-dealkylation sites (tertiary alicyclic amines) is 1. The summed E-state index contributed by atoms with van der Waals surface area (Å²) in [6, 6.07) is 7.31. The summed E-state index contributed by atoms with van der Waals surface area (Å²) in [6.45, 7) is 5.51. The topological polar surface area (TPSA) is 89.7 Å². The van der Waals surface area contributed by atoms with E-state index in [1.807, 2.05) is 43.0 Å². The van der Waals surface area contributed by atoms with Gasteiger partial charge in [0.25, 0.3) is 0 Å². The molecule has 1 aromatic heterocycles. The van der Waals surface area contributed by atoms with Crippen molar-refractivity contribution in [3.8, 4) is 5.75 Å². The Morgan fingerprint density at radius 3 is 2.53 bits per heavy atom. The Balaban J connectivity index is 1.47. The molecular formula is C23H31N5O4. The van der Waals surface area contributed by atoms with Gasteiger partial charge < -0.3 is 14.5 Å². The molecule has 2 unspecified atom stereocenters. The highest BCUT2D eigenvalue weighted by atomic mass is 16.5. The van der Waals surface area contributed by atoms with E-state index in [4.69, 9.17) is 4.74 Å². The number of amides is 2. The number of hydrogen-bond donors (Lipinski definition) is 0. The number of hydrogen-bond acceptors (Lipinski definition) is 5. The van der Waals surface area contributed by atoms with Crippen molar-refractivity contribution in [2.75, 3.05) is 31.6 Å². The third kappa shape index (κ3) is 4.03. The molecule has 2 aliphatic rings. The first-order valence-corrected chi connectivity index (χ1v) is 11.2. The number of carbonyl (C=O) groups is 2. The Morgan fingerprint density at radius 2 is 1.88 bits per heavy atom. The van der Waals surface area contributed by atoms with E-state index in [0.29, 0.717) is 19.6 Å². The fourth-order valence-corrected chi connectivity index (χ4v) is 4.79. The minimum absolute atomic E-state index is 0.00258. The number of piperidine rings is 1. The quantitative estimate of drug-likeness (QED) is 0.707. The lowest BCUT2D eigenvalue weighted by Crippen LogP contribution is -2.43. The normalized spacial score (nSPS) is 21.5. The van der Waals surface area contributed by atoms with Crippen LogP contribution in [0, 0.1) is 5.92 Å². The van der Waals surface area contributed by atoms with Gasteiger partial charge in [0, 0.05) is 50.7 Å². The van der Waals surface area contributed by atoms with Gasteiger partial charge in [-0.15, -0.1) is 0 Å². The van der Waals surface area contributed by atoms with E-state index in [1.54, 1.807) is 23.6 Å². The molecular weight excluding hydrogens is 410 g/mol. The molecule has 172 valence electrons. The van der Waals surface area contributed by atoms with Crippen LogP contribution in [-0.2, 0) is 16.6 Å². The largest absolute Gasteiger partial charge is 0.497 e. The van der Waals surface area contributed by atoms with E-state index in [2.05, 4.69) is 5.10 Å². The average Bonchev–Trinajstić information content (AvgIpc) is 3.33. The second-order valence-corrected chi connectivity index (χ2v) is 8.95. The zero-order valence-corrected chi connectivity index (χ0v) is 19.2. The van der Waals surface area contributed by atoms with Gasteiger partial charge in [-0.1, -0.05) is 0 Å². The molecule has 2 fully saturated rings. The summed E-state index contributed by atoms with van der Waals surface area (Å²) in [5.41, 5.74) is 0.645. The van der Waals surface area contributed by atoms with Gasteiger partial charge in [-0.3, -0.25) is 14.2 Å². The maximum absolute atomic E-state index is 13.3. The van der Waals surface area contributed by atoms with Crippen molar-refractivity contribution >= 4 is 17.5 Å². The highest BCUT2D eigenvalue weighted by Crippen LogP contribution is 2.31. The van der Waals surface area contributed by atoms with E-state index < -0.39 is 0 Å².